The van der Waals surface area contributed by atoms with Gasteiger partial charge in [0.2, 0.25) is 0 Å². The van der Waals surface area contributed by atoms with E-state index in [1.165, 1.54) is 17.7 Å². The normalized spacial score (nSPS) is 13.5. The van der Waals surface area contributed by atoms with Crippen molar-refractivity contribution in [1.29, 1.82) is 0 Å². The molecule has 2 heteroatoms. The number of hydrogen-bond acceptors (Lipinski definition) is 2. The highest BCUT2D eigenvalue weighted by Crippen LogP contribution is 2.07. The first-order valence-electron chi connectivity index (χ1n) is 3.50. The van der Waals surface area contributed by atoms with Crippen LogP contribution < -0.4 is 0 Å². The van der Waals surface area contributed by atoms with Gasteiger partial charge in [0.1, 0.15) is 0 Å². The van der Waals surface area contributed by atoms with Gasteiger partial charge >= 0.3 is 0 Å². The van der Waals surface area contributed by atoms with Gasteiger partial charge in [0.25, 0.3) is 0 Å². The van der Waals surface area contributed by atoms with Crippen molar-refractivity contribution < 1.29 is 0 Å². The molecule has 0 heterocycles. The molecule has 0 amide bonds. The predicted molar refractivity (Wildman–Crippen MR) is 50.4 cm³/mol. The van der Waals surface area contributed by atoms with Gasteiger partial charge in [-0.1, -0.05) is 19.9 Å². The minimum atomic E-state index is 0.567. The Labute approximate surface area is 67.8 Å². The van der Waals surface area contributed by atoms with Crippen LogP contribution in [0, 0.1) is 5.92 Å². The lowest BCUT2D eigenvalue weighted by atomic mass is 10.1. The highest BCUT2D eigenvalue weighted by molar-refractivity contribution is 8.01. The number of hydrogen-bond donors (Lipinski definition) is 0. The Morgan fingerprint density at radius 2 is 2.10 bits per heavy atom. The van der Waals surface area contributed by atoms with E-state index in [0.717, 1.165) is 0 Å². The number of allylic oxidation sites excluding steroid dienone is 1. The Morgan fingerprint density at radius 3 is 2.50 bits per heavy atom. The van der Waals surface area contributed by atoms with Gasteiger partial charge in [0, 0.05) is 17.7 Å². The van der Waals surface area contributed by atoms with Crippen LogP contribution in [0.5, 0.6) is 0 Å². The SMILES string of the molecule is C/C=C\SN=C(C)C(C)C. The van der Waals surface area contributed by atoms with E-state index in [4.69, 9.17) is 0 Å². The molecular weight excluding hydrogens is 142 g/mol. The Hall–Kier alpha value is -0.240. The Kier molecular flexibility index (Phi) is 5.40. The molecule has 0 unspecified atom stereocenters. The summed E-state index contributed by atoms with van der Waals surface area (Å²) in [5, 5.41) is 1.98. The van der Waals surface area contributed by atoms with Crippen LogP contribution in [0.15, 0.2) is 15.9 Å². The van der Waals surface area contributed by atoms with Gasteiger partial charge < -0.3 is 0 Å². The van der Waals surface area contributed by atoms with Crippen LogP contribution in [0.3, 0.4) is 0 Å². The summed E-state index contributed by atoms with van der Waals surface area (Å²) in [6.07, 6.45) is 1.99. The van der Waals surface area contributed by atoms with Crippen molar-refractivity contribution in [2.75, 3.05) is 0 Å². The average molecular weight is 157 g/mol. The van der Waals surface area contributed by atoms with Crippen molar-refractivity contribution >= 4 is 17.7 Å². The fraction of sp³-hybridized carbons (Fsp3) is 0.625. The Morgan fingerprint density at radius 1 is 1.50 bits per heavy atom. The van der Waals surface area contributed by atoms with Crippen molar-refractivity contribution in [3.05, 3.63) is 11.5 Å². The molecule has 0 aliphatic carbocycles. The van der Waals surface area contributed by atoms with E-state index in [0.29, 0.717) is 5.92 Å². The number of nitrogens with zero attached hydrogens (tertiary/aromatic N) is 1. The Balaban J connectivity index is 3.68. The van der Waals surface area contributed by atoms with Crippen molar-refractivity contribution in [3.63, 3.8) is 0 Å². The summed E-state index contributed by atoms with van der Waals surface area (Å²) in [4.78, 5) is 0. The van der Waals surface area contributed by atoms with Gasteiger partial charge in [-0.3, -0.25) is 0 Å². The predicted octanol–water partition coefficient (Wildman–Crippen LogP) is 3.29. The standard InChI is InChI=1S/C8H15NS/c1-5-6-10-9-8(4)7(2)3/h5-7H,1-4H3/b6-5-,9-8?. The zero-order chi connectivity index (χ0) is 7.98. The third-order valence-electron chi connectivity index (χ3n) is 1.23. The molecule has 0 aliphatic heterocycles. The Bertz CT molecular complexity index is 136. The van der Waals surface area contributed by atoms with Crippen LogP contribution >= 0.6 is 11.9 Å². The summed E-state index contributed by atoms with van der Waals surface area (Å²) in [5.41, 5.74) is 1.20. The first kappa shape index (κ1) is 9.76. The molecule has 0 aromatic carbocycles. The van der Waals surface area contributed by atoms with Gasteiger partial charge in [0.15, 0.2) is 0 Å². The van der Waals surface area contributed by atoms with Crippen LogP contribution in [-0.4, -0.2) is 5.71 Å². The molecule has 0 bridgehead atoms. The average Bonchev–Trinajstić information content (AvgIpc) is 1.88. The van der Waals surface area contributed by atoms with E-state index in [1.807, 2.05) is 18.4 Å². The van der Waals surface area contributed by atoms with E-state index < -0.39 is 0 Å². The van der Waals surface area contributed by atoms with Gasteiger partial charge in [-0.25, -0.2) is 4.40 Å². The third-order valence-corrected chi connectivity index (χ3v) is 2.02. The summed E-state index contributed by atoms with van der Waals surface area (Å²) in [6, 6.07) is 0. The minimum absolute atomic E-state index is 0.567. The molecule has 0 aliphatic rings. The molecule has 10 heavy (non-hydrogen) atoms. The van der Waals surface area contributed by atoms with Gasteiger partial charge in [0.05, 0.1) is 0 Å². The molecule has 0 atom stereocenters. The molecule has 0 saturated heterocycles. The van der Waals surface area contributed by atoms with Crippen molar-refractivity contribution in [1.82, 2.24) is 0 Å². The van der Waals surface area contributed by atoms with E-state index >= 15 is 0 Å². The van der Waals surface area contributed by atoms with Gasteiger partial charge in [-0.05, 0) is 25.2 Å². The summed E-state index contributed by atoms with van der Waals surface area (Å²) < 4.78 is 4.26. The number of rotatable bonds is 3. The fourth-order valence-electron chi connectivity index (χ4n) is 0.280. The minimum Gasteiger partial charge on any atom is -0.221 e. The molecule has 0 saturated carbocycles. The molecular formula is C8H15NS. The zero-order valence-electron chi connectivity index (χ0n) is 7.09. The summed E-state index contributed by atoms with van der Waals surface area (Å²) in [6.45, 7) is 8.35. The van der Waals surface area contributed by atoms with Crippen molar-refractivity contribution in [2.45, 2.75) is 27.7 Å². The van der Waals surface area contributed by atoms with Crippen molar-refractivity contribution in [3.8, 4) is 0 Å². The highest BCUT2D eigenvalue weighted by Gasteiger charge is 1.95. The lowest BCUT2D eigenvalue weighted by Crippen LogP contribution is -1.99. The molecule has 0 aromatic heterocycles. The van der Waals surface area contributed by atoms with Crippen LogP contribution in [0.2, 0.25) is 0 Å². The smallest absolute Gasteiger partial charge is 0.0260 e. The van der Waals surface area contributed by atoms with E-state index in [1.54, 1.807) is 0 Å². The first-order valence-corrected chi connectivity index (χ1v) is 4.33. The molecule has 1 nitrogen and oxygen atoms in total. The van der Waals surface area contributed by atoms with Gasteiger partial charge in [-0.2, -0.15) is 0 Å². The topological polar surface area (TPSA) is 12.4 Å². The highest BCUT2D eigenvalue weighted by atomic mass is 32.2. The maximum Gasteiger partial charge on any atom is 0.0260 e. The second kappa shape index (κ2) is 5.54. The van der Waals surface area contributed by atoms with Crippen LogP contribution in [0.4, 0.5) is 0 Å². The van der Waals surface area contributed by atoms with E-state index in [2.05, 4.69) is 25.2 Å². The molecule has 0 spiro atoms. The maximum atomic E-state index is 4.26. The van der Waals surface area contributed by atoms with Crippen LogP contribution in [-0.2, 0) is 0 Å². The lowest BCUT2D eigenvalue weighted by molar-refractivity contribution is 0.882. The van der Waals surface area contributed by atoms with E-state index in [-0.39, 0.29) is 0 Å². The monoisotopic (exact) mass is 157 g/mol. The second-order valence-electron chi connectivity index (χ2n) is 2.46. The third kappa shape index (κ3) is 4.62. The van der Waals surface area contributed by atoms with Crippen molar-refractivity contribution in [2.24, 2.45) is 10.3 Å². The summed E-state index contributed by atoms with van der Waals surface area (Å²) >= 11 is 1.50. The summed E-state index contributed by atoms with van der Waals surface area (Å²) in [5.74, 6) is 0.567. The van der Waals surface area contributed by atoms with Gasteiger partial charge in [-0.15, -0.1) is 0 Å². The molecule has 58 valence electrons. The summed E-state index contributed by atoms with van der Waals surface area (Å²) in [7, 11) is 0. The quantitative estimate of drug-likeness (QED) is 0.452. The molecule has 0 fully saturated rings. The second-order valence-corrected chi connectivity index (χ2v) is 3.13. The molecule has 0 radical (unpaired) electrons. The molecule has 0 aromatic rings. The van der Waals surface area contributed by atoms with Crippen LogP contribution in [0.1, 0.15) is 27.7 Å². The lowest BCUT2D eigenvalue weighted by Gasteiger charge is -2.00. The van der Waals surface area contributed by atoms with E-state index in [9.17, 15) is 0 Å². The molecule has 0 N–H and O–H groups in total. The largest absolute Gasteiger partial charge is 0.221 e. The fourth-order valence-corrected chi connectivity index (χ4v) is 0.839. The zero-order valence-corrected chi connectivity index (χ0v) is 7.90. The molecule has 0 rings (SSSR count). The van der Waals surface area contributed by atoms with Crippen LogP contribution in [0.25, 0.3) is 0 Å². The first-order chi connectivity index (χ1) is 4.68. The maximum absolute atomic E-state index is 4.26.